The van der Waals surface area contributed by atoms with Crippen molar-refractivity contribution in [3.8, 4) is 0 Å². The molecular weight excluding hydrogens is 292 g/mol. The van der Waals surface area contributed by atoms with Crippen molar-refractivity contribution in [3.63, 3.8) is 0 Å². The Kier molecular flexibility index (Phi) is 4.91. The molecule has 2 rings (SSSR count). The van der Waals surface area contributed by atoms with Gasteiger partial charge in [0, 0.05) is 20.0 Å². The fraction of sp³-hybridized carbons (Fsp3) is 0.857. The van der Waals surface area contributed by atoms with E-state index >= 15 is 0 Å². The number of nitrogens with zero attached hydrogens (tertiary/aromatic N) is 1. The molecule has 2 atom stereocenters. The Morgan fingerprint density at radius 3 is 2.29 bits per heavy atom. The van der Waals surface area contributed by atoms with Crippen molar-refractivity contribution in [3.05, 3.63) is 0 Å². The molecule has 2 amide bonds. The molecular formula is C14H24N2O4S. The molecule has 0 bridgehead atoms. The number of nitrogens with one attached hydrogen (secondary N) is 1. The fourth-order valence-electron chi connectivity index (χ4n) is 3.37. The zero-order valence-electron chi connectivity index (χ0n) is 12.7. The van der Waals surface area contributed by atoms with Crippen LogP contribution in [0.25, 0.3) is 0 Å². The second-order valence-corrected chi connectivity index (χ2v) is 8.46. The van der Waals surface area contributed by atoms with Crippen LogP contribution in [0.1, 0.15) is 39.0 Å². The Morgan fingerprint density at radius 2 is 1.81 bits per heavy atom. The molecule has 1 saturated carbocycles. The van der Waals surface area contributed by atoms with Gasteiger partial charge in [0.2, 0.25) is 11.8 Å². The standard InChI is InChI=1S/C14H24N2O4S/c1-10(17)15-13(11-5-3-4-6-11)14(18)16(2)12-7-8-21(19,20)9-12/h11-13H,3-9H2,1-2H3,(H,15,17)/t12-,13-/m0/s1. The summed E-state index contributed by atoms with van der Waals surface area (Å²) in [5.41, 5.74) is 0. The minimum atomic E-state index is -3.02. The lowest BCUT2D eigenvalue weighted by molar-refractivity contribution is -0.137. The van der Waals surface area contributed by atoms with Gasteiger partial charge in [0.1, 0.15) is 6.04 Å². The topological polar surface area (TPSA) is 83.6 Å². The van der Waals surface area contributed by atoms with Gasteiger partial charge in [-0.15, -0.1) is 0 Å². The van der Waals surface area contributed by atoms with E-state index in [1.54, 1.807) is 7.05 Å². The highest BCUT2D eigenvalue weighted by Gasteiger charge is 2.38. The van der Waals surface area contributed by atoms with Crippen LogP contribution < -0.4 is 5.32 Å². The molecule has 1 heterocycles. The summed E-state index contributed by atoms with van der Waals surface area (Å²) in [4.78, 5) is 25.6. The lowest BCUT2D eigenvalue weighted by Gasteiger charge is -2.31. The maximum absolute atomic E-state index is 12.7. The molecule has 1 aliphatic carbocycles. The molecule has 0 aromatic heterocycles. The minimum absolute atomic E-state index is 0.0344. The van der Waals surface area contributed by atoms with Crippen molar-refractivity contribution < 1.29 is 18.0 Å². The van der Waals surface area contributed by atoms with Crippen molar-refractivity contribution in [2.24, 2.45) is 5.92 Å². The van der Waals surface area contributed by atoms with Crippen LogP contribution in [0.15, 0.2) is 0 Å². The van der Waals surface area contributed by atoms with E-state index < -0.39 is 15.9 Å². The number of rotatable bonds is 4. The second kappa shape index (κ2) is 6.34. The van der Waals surface area contributed by atoms with Crippen molar-refractivity contribution >= 4 is 21.7 Å². The van der Waals surface area contributed by atoms with Crippen molar-refractivity contribution in [1.82, 2.24) is 10.2 Å². The molecule has 6 nitrogen and oxygen atoms in total. The molecule has 1 N–H and O–H groups in total. The van der Waals surface area contributed by atoms with Gasteiger partial charge in [0.25, 0.3) is 0 Å². The van der Waals surface area contributed by atoms with E-state index in [0.717, 1.165) is 25.7 Å². The number of carbonyl (C=O) groups excluding carboxylic acids is 2. The number of carbonyl (C=O) groups is 2. The number of amides is 2. The first kappa shape index (κ1) is 16.3. The van der Waals surface area contributed by atoms with Crippen LogP contribution in [0.3, 0.4) is 0 Å². The van der Waals surface area contributed by atoms with Crippen LogP contribution in [-0.2, 0) is 19.4 Å². The highest BCUT2D eigenvalue weighted by molar-refractivity contribution is 7.91. The van der Waals surface area contributed by atoms with Gasteiger partial charge in [-0.1, -0.05) is 12.8 Å². The van der Waals surface area contributed by atoms with E-state index in [9.17, 15) is 18.0 Å². The highest BCUT2D eigenvalue weighted by atomic mass is 32.2. The van der Waals surface area contributed by atoms with Gasteiger partial charge in [-0.05, 0) is 25.2 Å². The third-order valence-electron chi connectivity index (χ3n) is 4.60. The van der Waals surface area contributed by atoms with E-state index in [2.05, 4.69) is 5.32 Å². The van der Waals surface area contributed by atoms with Crippen molar-refractivity contribution in [1.29, 1.82) is 0 Å². The fourth-order valence-corrected chi connectivity index (χ4v) is 5.15. The maximum atomic E-state index is 12.7. The summed E-state index contributed by atoms with van der Waals surface area (Å²) in [6.45, 7) is 1.41. The van der Waals surface area contributed by atoms with E-state index in [4.69, 9.17) is 0 Å². The molecule has 1 aliphatic heterocycles. The Morgan fingerprint density at radius 1 is 1.19 bits per heavy atom. The molecule has 0 unspecified atom stereocenters. The average Bonchev–Trinajstić information content (AvgIpc) is 3.03. The normalized spacial score (nSPS) is 26.5. The Labute approximate surface area is 126 Å². The average molecular weight is 316 g/mol. The summed E-state index contributed by atoms with van der Waals surface area (Å²) >= 11 is 0. The molecule has 1 saturated heterocycles. The first-order chi connectivity index (χ1) is 9.80. The van der Waals surface area contributed by atoms with Gasteiger partial charge in [-0.2, -0.15) is 0 Å². The summed E-state index contributed by atoms with van der Waals surface area (Å²) in [6.07, 6.45) is 4.52. The summed E-state index contributed by atoms with van der Waals surface area (Å²) in [7, 11) is -1.37. The number of sulfone groups is 1. The molecule has 0 spiro atoms. The molecule has 0 radical (unpaired) electrons. The Balaban J connectivity index is 2.08. The summed E-state index contributed by atoms with van der Waals surface area (Å²) in [5.74, 6) is -0.0234. The van der Waals surface area contributed by atoms with Gasteiger partial charge in [0.05, 0.1) is 11.5 Å². The van der Waals surface area contributed by atoms with Crippen LogP contribution in [0.4, 0.5) is 0 Å². The van der Waals surface area contributed by atoms with Gasteiger partial charge < -0.3 is 10.2 Å². The zero-order chi connectivity index (χ0) is 15.6. The van der Waals surface area contributed by atoms with Crippen LogP contribution in [-0.4, -0.2) is 55.8 Å². The molecule has 0 aromatic carbocycles. The first-order valence-corrected chi connectivity index (χ1v) is 9.36. The molecule has 0 aromatic rings. The van der Waals surface area contributed by atoms with Crippen LogP contribution >= 0.6 is 0 Å². The molecule has 2 aliphatic rings. The van der Waals surface area contributed by atoms with Crippen LogP contribution in [0.5, 0.6) is 0 Å². The maximum Gasteiger partial charge on any atom is 0.245 e. The van der Waals surface area contributed by atoms with Gasteiger partial charge in [-0.25, -0.2) is 8.42 Å². The number of hydrogen-bond acceptors (Lipinski definition) is 4. The molecule has 7 heteroatoms. The largest absolute Gasteiger partial charge is 0.344 e. The van der Waals surface area contributed by atoms with Crippen LogP contribution in [0.2, 0.25) is 0 Å². The van der Waals surface area contributed by atoms with Gasteiger partial charge >= 0.3 is 0 Å². The van der Waals surface area contributed by atoms with Crippen LogP contribution in [0, 0.1) is 5.92 Å². The quantitative estimate of drug-likeness (QED) is 0.810. The third-order valence-corrected chi connectivity index (χ3v) is 6.35. The third kappa shape index (κ3) is 3.96. The van der Waals surface area contributed by atoms with E-state index in [1.165, 1.54) is 11.8 Å². The predicted octanol–water partition coefficient (Wildman–Crippen LogP) is 0.327. The van der Waals surface area contributed by atoms with Gasteiger partial charge in [-0.3, -0.25) is 9.59 Å². The highest BCUT2D eigenvalue weighted by Crippen LogP contribution is 2.29. The second-order valence-electron chi connectivity index (χ2n) is 6.23. The SMILES string of the molecule is CC(=O)N[C@H](C(=O)N(C)[C@H]1CCS(=O)(=O)C1)C1CCCC1. The first-order valence-electron chi connectivity index (χ1n) is 7.54. The zero-order valence-corrected chi connectivity index (χ0v) is 13.5. The summed E-state index contributed by atoms with van der Waals surface area (Å²) in [6, 6.07) is -0.779. The van der Waals surface area contributed by atoms with Crippen molar-refractivity contribution in [2.75, 3.05) is 18.6 Å². The number of hydrogen-bond donors (Lipinski definition) is 1. The Bertz CT molecular complexity index is 511. The molecule has 120 valence electrons. The smallest absolute Gasteiger partial charge is 0.245 e. The minimum Gasteiger partial charge on any atom is -0.344 e. The molecule has 21 heavy (non-hydrogen) atoms. The van der Waals surface area contributed by atoms with E-state index in [-0.39, 0.29) is 35.3 Å². The lowest BCUT2D eigenvalue weighted by Crippen LogP contribution is -2.53. The van der Waals surface area contributed by atoms with Gasteiger partial charge in [0.15, 0.2) is 9.84 Å². The lowest BCUT2D eigenvalue weighted by atomic mass is 9.96. The van der Waals surface area contributed by atoms with Crippen molar-refractivity contribution in [2.45, 2.75) is 51.1 Å². The predicted molar refractivity (Wildman–Crippen MR) is 79.4 cm³/mol. The monoisotopic (exact) mass is 316 g/mol. The summed E-state index contributed by atoms with van der Waals surface area (Å²) < 4.78 is 23.1. The van der Waals surface area contributed by atoms with E-state index in [0.29, 0.717) is 6.42 Å². The molecule has 2 fully saturated rings. The number of likely N-dealkylation sites (N-methyl/N-ethyl adjacent to an activating group) is 1. The van der Waals surface area contributed by atoms with E-state index in [1.807, 2.05) is 0 Å². The Hall–Kier alpha value is -1.11. The summed E-state index contributed by atoms with van der Waals surface area (Å²) in [5, 5.41) is 2.77.